The Morgan fingerprint density at radius 1 is 1.47 bits per heavy atom. The standard InChI is InChI=1S/C13H26N2O2/c1-9(13(2,3)4)6-12(16)15-10-7-14-8-11(10)17-5/h9-11,14H,6-8H2,1-5H3,(H,15,16)/t9?,10?,11-/m0/s1. The van der Waals surface area contributed by atoms with Crippen LogP contribution in [0, 0.1) is 11.3 Å². The molecular formula is C13H26N2O2. The van der Waals surface area contributed by atoms with Crippen molar-refractivity contribution in [1.29, 1.82) is 0 Å². The lowest BCUT2D eigenvalue weighted by Gasteiger charge is -2.27. The summed E-state index contributed by atoms with van der Waals surface area (Å²) in [5, 5.41) is 6.28. The van der Waals surface area contributed by atoms with Crippen LogP contribution in [0.25, 0.3) is 0 Å². The Balaban J connectivity index is 2.39. The summed E-state index contributed by atoms with van der Waals surface area (Å²) in [6, 6.07) is 0.111. The van der Waals surface area contributed by atoms with Crippen LogP contribution in [-0.2, 0) is 9.53 Å². The van der Waals surface area contributed by atoms with Gasteiger partial charge in [0.15, 0.2) is 0 Å². The van der Waals surface area contributed by atoms with Crippen molar-refractivity contribution in [2.45, 2.75) is 46.3 Å². The first kappa shape index (κ1) is 14.5. The summed E-state index contributed by atoms with van der Waals surface area (Å²) in [5.74, 6) is 0.501. The zero-order valence-corrected chi connectivity index (χ0v) is 11.7. The van der Waals surface area contributed by atoms with Gasteiger partial charge in [0.05, 0.1) is 12.1 Å². The molecule has 0 aromatic heterocycles. The molecule has 0 aromatic rings. The van der Waals surface area contributed by atoms with Crippen molar-refractivity contribution in [3.63, 3.8) is 0 Å². The maximum Gasteiger partial charge on any atom is 0.220 e. The molecule has 1 heterocycles. The Kier molecular flexibility index (Phi) is 4.95. The van der Waals surface area contributed by atoms with E-state index >= 15 is 0 Å². The zero-order chi connectivity index (χ0) is 13.1. The Hall–Kier alpha value is -0.610. The van der Waals surface area contributed by atoms with Gasteiger partial charge in [-0.05, 0) is 11.3 Å². The molecule has 1 aliphatic rings. The van der Waals surface area contributed by atoms with E-state index in [9.17, 15) is 4.79 Å². The minimum absolute atomic E-state index is 0.101. The van der Waals surface area contributed by atoms with Gasteiger partial charge >= 0.3 is 0 Å². The van der Waals surface area contributed by atoms with E-state index < -0.39 is 0 Å². The van der Waals surface area contributed by atoms with Gasteiger partial charge in [-0.15, -0.1) is 0 Å². The summed E-state index contributed by atoms with van der Waals surface area (Å²) < 4.78 is 5.32. The van der Waals surface area contributed by atoms with Crippen LogP contribution in [0.4, 0.5) is 0 Å². The number of carbonyl (C=O) groups excluding carboxylic acids is 1. The smallest absolute Gasteiger partial charge is 0.220 e. The van der Waals surface area contributed by atoms with E-state index in [1.165, 1.54) is 0 Å². The van der Waals surface area contributed by atoms with Crippen molar-refractivity contribution in [2.24, 2.45) is 11.3 Å². The van der Waals surface area contributed by atoms with E-state index in [-0.39, 0.29) is 23.5 Å². The minimum atomic E-state index is 0.101. The molecule has 1 saturated heterocycles. The van der Waals surface area contributed by atoms with Crippen LogP contribution < -0.4 is 10.6 Å². The average molecular weight is 242 g/mol. The summed E-state index contributed by atoms with van der Waals surface area (Å²) in [5.41, 5.74) is 0.173. The van der Waals surface area contributed by atoms with Crippen molar-refractivity contribution in [2.75, 3.05) is 20.2 Å². The quantitative estimate of drug-likeness (QED) is 0.778. The fourth-order valence-corrected chi connectivity index (χ4v) is 1.90. The minimum Gasteiger partial charge on any atom is -0.378 e. The second kappa shape index (κ2) is 5.83. The molecule has 0 radical (unpaired) electrons. The van der Waals surface area contributed by atoms with Crippen molar-refractivity contribution in [1.82, 2.24) is 10.6 Å². The Labute approximate surface area is 104 Å². The van der Waals surface area contributed by atoms with Crippen molar-refractivity contribution >= 4 is 5.91 Å². The van der Waals surface area contributed by atoms with Crippen LogP contribution in [0.5, 0.6) is 0 Å². The van der Waals surface area contributed by atoms with Gasteiger partial charge in [-0.25, -0.2) is 0 Å². The Morgan fingerprint density at radius 2 is 2.12 bits per heavy atom. The molecule has 1 aliphatic heterocycles. The van der Waals surface area contributed by atoms with Gasteiger partial charge in [-0.3, -0.25) is 4.79 Å². The summed E-state index contributed by atoms with van der Waals surface area (Å²) in [4.78, 5) is 11.9. The van der Waals surface area contributed by atoms with Gasteiger partial charge in [0, 0.05) is 26.6 Å². The van der Waals surface area contributed by atoms with Crippen LogP contribution >= 0.6 is 0 Å². The number of nitrogens with one attached hydrogen (secondary N) is 2. The Morgan fingerprint density at radius 3 is 2.65 bits per heavy atom. The number of ether oxygens (including phenoxy) is 1. The van der Waals surface area contributed by atoms with Crippen LogP contribution in [0.15, 0.2) is 0 Å². The number of methoxy groups -OCH3 is 1. The average Bonchev–Trinajstić information content (AvgIpc) is 2.63. The molecule has 1 rings (SSSR count). The van der Waals surface area contributed by atoms with E-state index in [1.54, 1.807) is 7.11 Å². The zero-order valence-electron chi connectivity index (χ0n) is 11.7. The van der Waals surface area contributed by atoms with E-state index in [2.05, 4.69) is 38.3 Å². The largest absolute Gasteiger partial charge is 0.378 e. The third-order valence-electron chi connectivity index (χ3n) is 3.78. The van der Waals surface area contributed by atoms with E-state index in [1.807, 2.05) is 0 Å². The topological polar surface area (TPSA) is 50.4 Å². The molecule has 17 heavy (non-hydrogen) atoms. The highest BCUT2D eigenvalue weighted by molar-refractivity contribution is 5.76. The van der Waals surface area contributed by atoms with Gasteiger partial charge in [0.1, 0.15) is 0 Å². The SMILES string of the molecule is CO[C@H]1CNCC1NC(=O)CC(C)C(C)(C)C. The molecule has 0 saturated carbocycles. The second-order valence-corrected chi connectivity index (χ2v) is 6.08. The third kappa shape index (κ3) is 4.28. The van der Waals surface area contributed by atoms with E-state index in [0.29, 0.717) is 12.3 Å². The predicted octanol–water partition coefficient (Wildman–Crippen LogP) is 1.16. The fourth-order valence-electron chi connectivity index (χ4n) is 1.90. The van der Waals surface area contributed by atoms with Crippen LogP contribution in [0.2, 0.25) is 0 Å². The highest BCUT2D eigenvalue weighted by Gasteiger charge is 2.29. The second-order valence-electron chi connectivity index (χ2n) is 6.08. The van der Waals surface area contributed by atoms with Gasteiger partial charge < -0.3 is 15.4 Å². The highest BCUT2D eigenvalue weighted by Crippen LogP contribution is 2.27. The molecule has 0 aromatic carbocycles. The van der Waals surface area contributed by atoms with Crippen molar-refractivity contribution < 1.29 is 9.53 Å². The van der Waals surface area contributed by atoms with E-state index in [4.69, 9.17) is 4.74 Å². The van der Waals surface area contributed by atoms with Gasteiger partial charge in [0.2, 0.25) is 5.91 Å². The Bertz CT molecular complexity index is 261. The van der Waals surface area contributed by atoms with Crippen LogP contribution in [-0.4, -0.2) is 38.3 Å². The molecule has 3 atom stereocenters. The van der Waals surface area contributed by atoms with Gasteiger partial charge in [-0.2, -0.15) is 0 Å². The van der Waals surface area contributed by atoms with Crippen molar-refractivity contribution in [3.05, 3.63) is 0 Å². The lowest BCUT2D eigenvalue weighted by molar-refractivity contribution is -0.124. The molecule has 100 valence electrons. The molecule has 2 N–H and O–H groups in total. The number of carbonyl (C=O) groups is 1. The lowest BCUT2D eigenvalue weighted by Crippen LogP contribution is -2.44. The summed E-state index contributed by atoms with van der Waals surface area (Å²) in [6.45, 7) is 10.2. The van der Waals surface area contributed by atoms with Crippen LogP contribution in [0.1, 0.15) is 34.1 Å². The first-order chi connectivity index (χ1) is 7.84. The molecule has 1 amide bonds. The number of hydrogen-bond acceptors (Lipinski definition) is 3. The van der Waals surface area contributed by atoms with Gasteiger partial charge in [0.25, 0.3) is 0 Å². The number of amides is 1. The normalized spacial score (nSPS) is 26.9. The fraction of sp³-hybridized carbons (Fsp3) is 0.923. The predicted molar refractivity (Wildman–Crippen MR) is 68.8 cm³/mol. The molecule has 4 heteroatoms. The summed E-state index contributed by atoms with van der Waals surface area (Å²) in [6.07, 6.45) is 0.681. The molecule has 2 unspecified atom stereocenters. The molecule has 0 spiro atoms. The lowest BCUT2D eigenvalue weighted by atomic mass is 9.80. The summed E-state index contributed by atoms with van der Waals surface area (Å²) in [7, 11) is 1.69. The monoisotopic (exact) mass is 242 g/mol. The summed E-state index contributed by atoms with van der Waals surface area (Å²) >= 11 is 0. The third-order valence-corrected chi connectivity index (χ3v) is 3.78. The van der Waals surface area contributed by atoms with E-state index in [0.717, 1.165) is 13.1 Å². The number of rotatable bonds is 4. The van der Waals surface area contributed by atoms with Gasteiger partial charge in [-0.1, -0.05) is 27.7 Å². The molecule has 0 bridgehead atoms. The molecule has 4 nitrogen and oxygen atoms in total. The number of hydrogen-bond donors (Lipinski definition) is 2. The molecule has 0 aliphatic carbocycles. The van der Waals surface area contributed by atoms with Crippen LogP contribution in [0.3, 0.4) is 0 Å². The highest BCUT2D eigenvalue weighted by atomic mass is 16.5. The first-order valence-electron chi connectivity index (χ1n) is 6.37. The maximum atomic E-state index is 11.9. The maximum absolute atomic E-state index is 11.9. The molecule has 1 fully saturated rings. The first-order valence-corrected chi connectivity index (χ1v) is 6.37. The molecular weight excluding hydrogens is 216 g/mol. The van der Waals surface area contributed by atoms with Crippen molar-refractivity contribution in [3.8, 4) is 0 Å².